The van der Waals surface area contributed by atoms with E-state index in [9.17, 15) is 13.2 Å². The predicted molar refractivity (Wildman–Crippen MR) is 65.5 cm³/mol. The molecule has 1 aliphatic rings. The third kappa shape index (κ3) is 5.57. The zero-order valence-electron chi connectivity index (χ0n) is 11.3. The third-order valence-corrected chi connectivity index (χ3v) is 3.68. The van der Waals surface area contributed by atoms with Gasteiger partial charge in [0.15, 0.2) is 0 Å². The maximum Gasteiger partial charge on any atom is 0.391 e. The Labute approximate surface area is 107 Å². The Morgan fingerprint density at radius 2 is 1.89 bits per heavy atom. The summed E-state index contributed by atoms with van der Waals surface area (Å²) in [6.07, 6.45) is -1.18. The van der Waals surface area contributed by atoms with Gasteiger partial charge in [-0.2, -0.15) is 13.2 Å². The standard InChI is InChI=1S/C13H24F3NO/c1-3-17-10-12(6-4-11(2)5-7-12)18-9-8-13(14,15)16/h11,17H,3-10H2,1-2H3. The summed E-state index contributed by atoms with van der Waals surface area (Å²) in [4.78, 5) is 0. The van der Waals surface area contributed by atoms with Crippen LogP contribution in [-0.4, -0.2) is 31.5 Å². The van der Waals surface area contributed by atoms with Gasteiger partial charge in [-0.25, -0.2) is 0 Å². The van der Waals surface area contributed by atoms with Gasteiger partial charge in [0.25, 0.3) is 0 Å². The van der Waals surface area contributed by atoms with Crippen molar-refractivity contribution in [1.29, 1.82) is 0 Å². The highest BCUT2D eigenvalue weighted by Crippen LogP contribution is 2.35. The minimum Gasteiger partial charge on any atom is -0.373 e. The third-order valence-electron chi connectivity index (χ3n) is 3.68. The number of ether oxygens (including phenoxy) is 1. The number of likely N-dealkylation sites (N-methyl/N-ethyl adjacent to an activating group) is 1. The van der Waals surface area contributed by atoms with E-state index in [-0.39, 0.29) is 12.2 Å². The monoisotopic (exact) mass is 267 g/mol. The minimum atomic E-state index is -4.12. The Hall–Kier alpha value is -0.290. The van der Waals surface area contributed by atoms with Crippen molar-refractivity contribution in [1.82, 2.24) is 5.32 Å². The van der Waals surface area contributed by atoms with Crippen LogP contribution < -0.4 is 5.32 Å². The average molecular weight is 267 g/mol. The summed E-state index contributed by atoms with van der Waals surface area (Å²) >= 11 is 0. The summed E-state index contributed by atoms with van der Waals surface area (Å²) in [5.41, 5.74) is -0.381. The van der Waals surface area contributed by atoms with Gasteiger partial charge in [-0.1, -0.05) is 13.8 Å². The van der Waals surface area contributed by atoms with Crippen molar-refractivity contribution in [2.45, 2.75) is 57.7 Å². The molecule has 1 aliphatic carbocycles. The summed E-state index contributed by atoms with van der Waals surface area (Å²) < 4.78 is 42.1. The fourth-order valence-corrected chi connectivity index (χ4v) is 2.40. The van der Waals surface area contributed by atoms with Gasteiger partial charge >= 0.3 is 6.18 Å². The van der Waals surface area contributed by atoms with Crippen LogP contribution in [0, 0.1) is 5.92 Å². The zero-order valence-corrected chi connectivity index (χ0v) is 11.3. The lowest BCUT2D eigenvalue weighted by Gasteiger charge is -2.39. The maximum absolute atomic E-state index is 12.2. The van der Waals surface area contributed by atoms with Crippen molar-refractivity contribution < 1.29 is 17.9 Å². The van der Waals surface area contributed by atoms with Crippen molar-refractivity contribution in [3.63, 3.8) is 0 Å². The Kier molecular flexibility index (Phi) is 5.92. The molecule has 18 heavy (non-hydrogen) atoms. The first kappa shape index (κ1) is 15.8. The molecule has 1 fully saturated rings. The Morgan fingerprint density at radius 3 is 2.39 bits per heavy atom. The van der Waals surface area contributed by atoms with Crippen LogP contribution in [0.2, 0.25) is 0 Å². The van der Waals surface area contributed by atoms with Gasteiger partial charge in [0.05, 0.1) is 18.6 Å². The SMILES string of the molecule is CCNCC1(OCCC(F)(F)F)CCC(C)CC1. The Bertz CT molecular complexity index is 229. The van der Waals surface area contributed by atoms with Crippen LogP contribution in [0.4, 0.5) is 13.2 Å². The second-order valence-corrected chi connectivity index (χ2v) is 5.36. The Balaban J connectivity index is 2.45. The highest BCUT2D eigenvalue weighted by Gasteiger charge is 2.36. The van der Waals surface area contributed by atoms with E-state index >= 15 is 0 Å². The highest BCUT2D eigenvalue weighted by atomic mass is 19.4. The minimum absolute atomic E-state index is 0.219. The fraction of sp³-hybridized carbons (Fsp3) is 1.00. The van der Waals surface area contributed by atoms with Gasteiger partial charge in [-0.3, -0.25) is 0 Å². The summed E-state index contributed by atoms with van der Waals surface area (Å²) in [6.45, 7) is 5.44. The van der Waals surface area contributed by atoms with Crippen LogP contribution in [0.1, 0.15) is 46.0 Å². The zero-order chi connectivity index (χ0) is 13.6. The molecule has 0 atom stereocenters. The van der Waals surface area contributed by atoms with E-state index in [2.05, 4.69) is 12.2 Å². The van der Waals surface area contributed by atoms with E-state index in [0.29, 0.717) is 12.5 Å². The van der Waals surface area contributed by atoms with Crippen LogP contribution in [0.3, 0.4) is 0 Å². The molecule has 1 rings (SSSR count). The van der Waals surface area contributed by atoms with Gasteiger partial charge in [0.1, 0.15) is 0 Å². The smallest absolute Gasteiger partial charge is 0.373 e. The van der Waals surface area contributed by atoms with Crippen molar-refractivity contribution in [2.75, 3.05) is 19.7 Å². The van der Waals surface area contributed by atoms with Crippen molar-refractivity contribution >= 4 is 0 Å². The molecule has 0 aromatic rings. The quantitative estimate of drug-likeness (QED) is 0.795. The lowest BCUT2D eigenvalue weighted by atomic mass is 9.79. The molecule has 0 aromatic carbocycles. The van der Waals surface area contributed by atoms with Crippen LogP contribution >= 0.6 is 0 Å². The first-order chi connectivity index (χ1) is 8.37. The molecule has 1 N–H and O–H groups in total. The number of halogens is 3. The Morgan fingerprint density at radius 1 is 1.28 bits per heavy atom. The molecule has 0 aliphatic heterocycles. The highest BCUT2D eigenvalue weighted by molar-refractivity contribution is 4.88. The average Bonchev–Trinajstić information content (AvgIpc) is 2.29. The first-order valence-electron chi connectivity index (χ1n) is 6.78. The maximum atomic E-state index is 12.2. The fourth-order valence-electron chi connectivity index (χ4n) is 2.40. The van der Waals surface area contributed by atoms with Crippen molar-refractivity contribution in [3.05, 3.63) is 0 Å². The normalized spacial score (nSPS) is 29.5. The molecule has 0 amide bonds. The van der Waals surface area contributed by atoms with E-state index in [1.54, 1.807) is 0 Å². The summed E-state index contributed by atoms with van der Waals surface area (Å²) in [5, 5.41) is 3.22. The molecule has 0 heterocycles. The number of nitrogens with one attached hydrogen (secondary N) is 1. The van der Waals surface area contributed by atoms with Gasteiger partial charge in [0.2, 0.25) is 0 Å². The first-order valence-corrected chi connectivity index (χ1v) is 6.78. The second-order valence-electron chi connectivity index (χ2n) is 5.36. The second kappa shape index (κ2) is 6.75. The van der Waals surface area contributed by atoms with Crippen molar-refractivity contribution in [2.24, 2.45) is 5.92 Å². The van der Waals surface area contributed by atoms with Gasteiger partial charge in [-0.15, -0.1) is 0 Å². The van der Waals surface area contributed by atoms with Gasteiger partial charge in [0, 0.05) is 6.54 Å². The van der Waals surface area contributed by atoms with E-state index in [0.717, 1.165) is 32.2 Å². The molecule has 0 aromatic heterocycles. The molecule has 0 bridgehead atoms. The lowest BCUT2D eigenvalue weighted by Crippen LogP contribution is -2.46. The molecular weight excluding hydrogens is 243 g/mol. The van der Waals surface area contributed by atoms with E-state index in [4.69, 9.17) is 4.74 Å². The molecule has 5 heteroatoms. The van der Waals surface area contributed by atoms with Gasteiger partial charge in [-0.05, 0) is 38.1 Å². The van der Waals surface area contributed by atoms with Gasteiger partial charge < -0.3 is 10.1 Å². The van der Waals surface area contributed by atoms with Crippen LogP contribution in [0.5, 0.6) is 0 Å². The van der Waals surface area contributed by atoms with Crippen molar-refractivity contribution in [3.8, 4) is 0 Å². The van der Waals surface area contributed by atoms with E-state index in [1.165, 1.54) is 0 Å². The summed E-state index contributed by atoms with van der Waals surface area (Å²) in [5.74, 6) is 0.658. The van der Waals surface area contributed by atoms with E-state index < -0.39 is 12.6 Å². The molecule has 2 nitrogen and oxygen atoms in total. The summed E-state index contributed by atoms with van der Waals surface area (Å²) in [6, 6.07) is 0. The van der Waals surface area contributed by atoms with Crippen LogP contribution in [0.25, 0.3) is 0 Å². The lowest BCUT2D eigenvalue weighted by molar-refractivity contribution is -0.163. The molecule has 0 unspecified atom stereocenters. The molecular formula is C13H24F3NO. The molecule has 108 valence electrons. The summed E-state index contributed by atoms with van der Waals surface area (Å²) in [7, 11) is 0. The topological polar surface area (TPSA) is 21.3 Å². The molecule has 0 spiro atoms. The number of hydrogen-bond acceptors (Lipinski definition) is 2. The number of alkyl halides is 3. The van der Waals surface area contributed by atoms with Crippen LogP contribution in [0.15, 0.2) is 0 Å². The molecule has 0 radical (unpaired) electrons. The molecule has 1 saturated carbocycles. The van der Waals surface area contributed by atoms with E-state index in [1.807, 2.05) is 6.92 Å². The number of rotatable bonds is 6. The predicted octanol–water partition coefficient (Wildman–Crippen LogP) is 3.51. The largest absolute Gasteiger partial charge is 0.391 e. The molecule has 0 saturated heterocycles. The number of hydrogen-bond donors (Lipinski definition) is 1. The van der Waals surface area contributed by atoms with Crippen LogP contribution in [-0.2, 0) is 4.74 Å².